The molecule has 2 N–H and O–H groups in total. The highest BCUT2D eigenvalue weighted by Gasteiger charge is 2.45. The fourth-order valence-corrected chi connectivity index (χ4v) is 5.82. The maximum absolute atomic E-state index is 5.98. The molecule has 2 aromatic carbocycles. The van der Waals surface area contributed by atoms with E-state index in [2.05, 4.69) is 73.0 Å². The third-order valence-corrected chi connectivity index (χ3v) is 7.32. The van der Waals surface area contributed by atoms with Crippen molar-refractivity contribution in [1.29, 1.82) is 0 Å². The van der Waals surface area contributed by atoms with Crippen molar-refractivity contribution >= 4 is 23.4 Å². The summed E-state index contributed by atoms with van der Waals surface area (Å²) in [6.45, 7) is 4.84. The molecule has 0 aliphatic heterocycles. The number of benzene rings is 2. The van der Waals surface area contributed by atoms with Gasteiger partial charge in [-0.25, -0.2) is 0 Å². The molecule has 0 spiro atoms. The molecule has 3 aliphatic rings. The molecule has 0 saturated heterocycles. The van der Waals surface area contributed by atoms with Crippen molar-refractivity contribution in [3.05, 3.63) is 88.2 Å². The average molecular weight is 379 g/mol. The van der Waals surface area contributed by atoms with Crippen LogP contribution in [0.15, 0.2) is 54.6 Å². The van der Waals surface area contributed by atoms with E-state index in [9.17, 15) is 0 Å². The maximum Gasteiger partial charge on any atom is 0.0500 e. The van der Waals surface area contributed by atoms with Crippen LogP contribution in [0.2, 0.25) is 0 Å². The fourth-order valence-electron chi connectivity index (χ4n) is 5.82. The third-order valence-electron chi connectivity index (χ3n) is 7.32. The first-order chi connectivity index (χ1) is 14.1. The van der Waals surface area contributed by atoms with Crippen molar-refractivity contribution in [3.8, 4) is 5.69 Å². The van der Waals surface area contributed by atoms with Crippen molar-refractivity contribution in [2.24, 2.45) is 5.92 Å². The molecule has 1 heterocycles. The lowest BCUT2D eigenvalue weighted by Crippen LogP contribution is -2.27. The van der Waals surface area contributed by atoms with Gasteiger partial charge in [0.25, 0.3) is 0 Å². The SMILES string of the molecule is CC1(C)c2ccccc2C2=Cc3c(c4c(n3-c3ccc(N)cc3)CCC=C4)CC21. The van der Waals surface area contributed by atoms with Gasteiger partial charge in [-0.1, -0.05) is 50.3 Å². The number of hydrogen-bond donors (Lipinski definition) is 1. The van der Waals surface area contributed by atoms with Gasteiger partial charge in [-0.15, -0.1) is 0 Å². The first-order valence-corrected chi connectivity index (χ1v) is 10.7. The minimum absolute atomic E-state index is 0.161. The second-order valence-electron chi connectivity index (χ2n) is 9.22. The van der Waals surface area contributed by atoms with Gasteiger partial charge in [0.15, 0.2) is 0 Å². The number of nitrogen functional groups attached to an aromatic ring is 1. The van der Waals surface area contributed by atoms with E-state index in [0.29, 0.717) is 5.92 Å². The highest BCUT2D eigenvalue weighted by atomic mass is 15.0. The van der Waals surface area contributed by atoms with Crippen molar-refractivity contribution in [1.82, 2.24) is 4.57 Å². The summed E-state index contributed by atoms with van der Waals surface area (Å²) in [5.41, 5.74) is 18.4. The molecular formula is C27H26N2. The fraction of sp³-hybridized carbons (Fsp3) is 0.259. The van der Waals surface area contributed by atoms with Crippen LogP contribution in [0.25, 0.3) is 23.4 Å². The monoisotopic (exact) mass is 378 g/mol. The summed E-state index contributed by atoms with van der Waals surface area (Å²) < 4.78 is 2.49. The zero-order valence-corrected chi connectivity index (χ0v) is 17.1. The zero-order valence-electron chi connectivity index (χ0n) is 17.1. The highest BCUT2D eigenvalue weighted by molar-refractivity contribution is 5.92. The molecule has 3 aromatic rings. The number of nitrogens with zero attached hydrogens (tertiary/aromatic N) is 1. The van der Waals surface area contributed by atoms with Crippen LogP contribution in [0.3, 0.4) is 0 Å². The quantitative estimate of drug-likeness (QED) is 0.516. The molecule has 6 rings (SSSR count). The van der Waals surface area contributed by atoms with E-state index in [4.69, 9.17) is 5.73 Å². The van der Waals surface area contributed by atoms with E-state index in [1.165, 1.54) is 44.9 Å². The number of rotatable bonds is 1. The van der Waals surface area contributed by atoms with Crippen LogP contribution in [0.1, 0.15) is 53.9 Å². The van der Waals surface area contributed by atoms with Crippen LogP contribution in [0, 0.1) is 5.92 Å². The number of aromatic nitrogens is 1. The molecule has 1 aromatic heterocycles. The Hall–Kier alpha value is -3.00. The van der Waals surface area contributed by atoms with E-state index in [0.717, 1.165) is 24.9 Å². The average Bonchev–Trinajstić information content (AvgIpc) is 3.18. The molecule has 2 heteroatoms. The largest absolute Gasteiger partial charge is 0.399 e. The van der Waals surface area contributed by atoms with Gasteiger partial charge in [0.1, 0.15) is 0 Å². The summed E-state index contributed by atoms with van der Waals surface area (Å²) in [6.07, 6.45) is 10.5. The lowest BCUT2D eigenvalue weighted by molar-refractivity contribution is 0.409. The predicted molar refractivity (Wildman–Crippen MR) is 122 cm³/mol. The summed E-state index contributed by atoms with van der Waals surface area (Å²) >= 11 is 0. The van der Waals surface area contributed by atoms with Crippen molar-refractivity contribution in [2.45, 2.75) is 38.5 Å². The highest BCUT2D eigenvalue weighted by Crippen LogP contribution is 2.55. The molecule has 1 unspecified atom stereocenters. The van der Waals surface area contributed by atoms with Gasteiger partial charge < -0.3 is 10.3 Å². The summed E-state index contributed by atoms with van der Waals surface area (Å²) in [5.74, 6) is 0.536. The second kappa shape index (κ2) is 5.76. The summed E-state index contributed by atoms with van der Waals surface area (Å²) in [4.78, 5) is 0. The van der Waals surface area contributed by atoms with Crippen LogP contribution in [0.5, 0.6) is 0 Å². The molecule has 2 nitrogen and oxygen atoms in total. The minimum Gasteiger partial charge on any atom is -0.399 e. The van der Waals surface area contributed by atoms with Gasteiger partial charge >= 0.3 is 0 Å². The first kappa shape index (κ1) is 16.9. The van der Waals surface area contributed by atoms with Crippen LogP contribution in [0.4, 0.5) is 5.69 Å². The first-order valence-electron chi connectivity index (χ1n) is 10.7. The van der Waals surface area contributed by atoms with Crippen LogP contribution in [-0.4, -0.2) is 4.57 Å². The minimum atomic E-state index is 0.161. The Morgan fingerprint density at radius 2 is 1.83 bits per heavy atom. The molecule has 0 radical (unpaired) electrons. The molecule has 144 valence electrons. The van der Waals surface area contributed by atoms with Gasteiger partial charge in [0.2, 0.25) is 0 Å². The van der Waals surface area contributed by atoms with Gasteiger partial charge in [-0.05, 0) is 88.8 Å². The Morgan fingerprint density at radius 1 is 1.03 bits per heavy atom. The molecule has 1 atom stereocenters. The second-order valence-corrected chi connectivity index (χ2v) is 9.22. The zero-order chi connectivity index (χ0) is 19.8. The molecular weight excluding hydrogens is 352 g/mol. The molecule has 0 bridgehead atoms. The maximum atomic E-state index is 5.98. The molecule has 3 aliphatic carbocycles. The van der Waals surface area contributed by atoms with Crippen molar-refractivity contribution < 1.29 is 0 Å². The van der Waals surface area contributed by atoms with Crippen molar-refractivity contribution in [2.75, 3.05) is 5.73 Å². The van der Waals surface area contributed by atoms with Gasteiger partial charge in [0, 0.05) is 17.1 Å². The Bertz CT molecular complexity index is 1200. The summed E-state index contributed by atoms with van der Waals surface area (Å²) in [5, 5.41) is 0. The Morgan fingerprint density at radius 3 is 2.66 bits per heavy atom. The number of fused-ring (bicyclic) bond motifs is 6. The van der Waals surface area contributed by atoms with E-state index < -0.39 is 0 Å². The van der Waals surface area contributed by atoms with E-state index in [1.54, 1.807) is 0 Å². The molecule has 0 amide bonds. The number of allylic oxidation sites excluding steroid dienone is 2. The molecule has 0 saturated carbocycles. The summed E-state index contributed by atoms with van der Waals surface area (Å²) in [6, 6.07) is 17.3. The number of hydrogen-bond acceptors (Lipinski definition) is 1. The standard InChI is InChI=1S/C27H26N2/c1-27(2)23-9-5-3-7-19(23)21-16-26-22(15-24(21)27)20-8-4-6-10-25(20)29(26)18-13-11-17(28)12-14-18/h3-5,7-9,11-14,16,24H,6,10,15,28H2,1-2H3. The third kappa shape index (κ3) is 2.23. The van der Waals surface area contributed by atoms with Gasteiger partial charge in [-0.2, -0.15) is 0 Å². The van der Waals surface area contributed by atoms with Gasteiger partial charge in [0.05, 0.1) is 5.69 Å². The number of anilines is 1. The predicted octanol–water partition coefficient (Wildman–Crippen LogP) is 6.02. The van der Waals surface area contributed by atoms with Crippen LogP contribution in [-0.2, 0) is 18.3 Å². The summed E-state index contributed by atoms with van der Waals surface area (Å²) in [7, 11) is 0. The smallest absolute Gasteiger partial charge is 0.0500 e. The topological polar surface area (TPSA) is 30.9 Å². The van der Waals surface area contributed by atoms with Crippen LogP contribution < -0.4 is 5.73 Å². The molecule has 0 fully saturated rings. The van der Waals surface area contributed by atoms with Crippen molar-refractivity contribution in [3.63, 3.8) is 0 Å². The molecule has 29 heavy (non-hydrogen) atoms. The Kier molecular flexibility index (Phi) is 3.36. The lowest BCUT2D eigenvalue weighted by Gasteiger charge is -2.31. The normalized spacial score (nSPS) is 20.5. The van der Waals surface area contributed by atoms with Crippen LogP contribution >= 0.6 is 0 Å². The Balaban J connectivity index is 1.63. The van der Waals surface area contributed by atoms with E-state index >= 15 is 0 Å². The van der Waals surface area contributed by atoms with E-state index in [-0.39, 0.29) is 5.41 Å². The lowest BCUT2D eigenvalue weighted by atomic mass is 9.72. The van der Waals surface area contributed by atoms with E-state index in [1.807, 2.05) is 12.1 Å². The Labute approximate surface area is 172 Å². The van der Waals surface area contributed by atoms with Gasteiger partial charge in [-0.3, -0.25) is 0 Å². The number of nitrogens with two attached hydrogens (primary N) is 1.